The van der Waals surface area contributed by atoms with Crippen LogP contribution in [0.4, 0.5) is 4.39 Å². The number of likely N-dealkylation sites (tertiary alicyclic amines) is 2. The van der Waals surface area contributed by atoms with E-state index in [1.165, 1.54) is 53.7 Å². The quantitative estimate of drug-likeness (QED) is 0.407. The first-order chi connectivity index (χ1) is 16.1. The van der Waals surface area contributed by atoms with Crippen molar-refractivity contribution in [1.29, 1.82) is 0 Å². The van der Waals surface area contributed by atoms with Gasteiger partial charge in [-0.1, -0.05) is 30.3 Å². The van der Waals surface area contributed by atoms with Crippen LogP contribution < -0.4 is 0 Å². The molecule has 2 aliphatic heterocycles. The largest absolute Gasteiger partial charge is 0.303 e. The van der Waals surface area contributed by atoms with E-state index in [0.717, 1.165) is 26.2 Å². The second-order valence-electron chi connectivity index (χ2n) is 10.1. The van der Waals surface area contributed by atoms with Gasteiger partial charge < -0.3 is 4.90 Å². The molecule has 0 N–H and O–H groups in total. The van der Waals surface area contributed by atoms with Crippen LogP contribution in [0.25, 0.3) is 0 Å². The van der Waals surface area contributed by atoms with Crippen LogP contribution in [0.5, 0.6) is 0 Å². The van der Waals surface area contributed by atoms with Gasteiger partial charge in [0.25, 0.3) is 0 Å². The minimum atomic E-state index is -0.137. The standard InChI is InChI=1S/C29H35FN2S/c1-21-4-3-5-25(22(21)2)16-32-18-27(29(19-32)26-12-15-33-20-26)17-31-13-10-24(11-14-31)23-6-8-28(30)9-7-23/h3-9,12,15,20,24,27,29H,10-11,13-14,16-19H2,1-2H3/t27-,29+/m0/s1. The Morgan fingerprint density at radius 1 is 0.909 bits per heavy atom. The Bertz CT molecular complexity index is 1040. The molecular weight excluding hydrogens is 427 g/mol. The molecule has 5 rings (SSSR count). The zero-order chi connectivity index (χ0) is 22.8. The van der Waals surface area contributed by atoms with Gasteiger partial charge in [-0.15, -0.1) is 0 Å². The van der Waals surface area contributed by atoms with E-state index in [2.05, 4.69) is 58.7 Å². The van der Waals surface area contributed by atoms with Gasteiger partial charge in [0.15, 0.2) is 0 Å². The van der Waals surface area contributed by atoms with Crippen LogP contribution in [0.15, 0.2) is 59.3 Å². The number of piperidine rings is 1. The van der Waals surface area contributed by atoms with E-state index in [-0.39, 0.29) is 5.82 Å². The average molecular weight is 463 g/mol. The molecule has 2 saturated heterocycles. The van der Waals surface area contributed by atoms with Crippen LogP contribution in [0.2, 0.25) is 0 Å². The van der Waals surface area contributed by atoms with E-state index >= 15 is 0 Å². The number of halogens is 1. The maximum Gasteiger partial charge on any atom is 0.123 e. The first-order valence-electron chi connectivity index (χ1n) is 12.3. The van der Waals surface area contributed by atoms with Gasteiger partial charge in [0.2, 0.25) is 0 Å². The zero-order valence-corrected chi connectivity index (χ0v) is 20.7. The molecule has 0 amide bonds. The van der Waals surface area contributed by atoms with Gasteiger partial charge in [-0.05, 0) is 108 Å². The van der Waals surface area contributed by atoms with Gasteiger partial charge in [-0.2, -0.15) is 11.3 Å². The van der Waals surface area contributed by atoms with Gasteiger partial charge in [0.1, 0.15) is 5.82 Å². The lowest BCUT2D eigenvalue weighted by Crippen LogP contribution is -2.38. The highest BCUT2D eigenvalue weighted by Gasteiger charge is 2.36. The summed E-state index contributed by atoms with van der Waals surface area (Å²) < 4.78 is 13.3. The number of hydrogen-bond donors (Lipinski definition) is 0. The molecule has 2 nitrogen and oxygen atoms in total. The van der Waals surface area contributed by atoms with E-state index in [1.807, 2.05) is 23.5 Å². The van der Waals surface area contributed by atoms with Crippen molar-refractivity contribution in [3.63, 3.8) is 0 Å². The molecule has 33 heavy (non-hydrogen) atoms. The SMILES string of the molecule is Cc1cccc(CN2C[C@H](CN3CCC(c4ccc(F)cc4)CC3)[C@@H](c3ccsc3)C2)c1C. The highest BCUT2D eigenvalue weighted by atomic mass is 32.1. The third-order valence-corrected chi connectivity index (χ3v) is 8.72. The normalized spacial score (nSPS) is 22.8. The van der Waals surface area contributed by atoms with Crippen LogP contribution in [0.1, 0.15) is 52.5 Å². The molecule has 2 aliphatic rings. The number of thiophene rings is 1. The Morgan fingerprint density at radius 3 is 2.42 bits per heavy atom. The molecule has 4 heteroatoms. The third kappa shape index (κ3) is 5.24. The van der Waals surface area contributed by atoms with Crippen molar-refractivity contribution in [3.05, 3.63) is 92.9 Å². The summed E-state index contributed by atoms with van der Waals surface area (Å²) in [6, 6.07) is 16.2. The van der Waals surface area contributed by atoms with Crippen molar-refractivity contribution in [1.82, 2.24) is 9.80 Å². The second-order valence-corrected chi connectivity index (χ2v) is 10.9. The van der Waals surface area contributed by atoms with Crippen molar-refractivity contribution in [2.75, 3.05) is 32.7 Å². The van der Waals surface area contributed by atoms with Gasteiger partial charge >= 0.3 is 0 Å². The van der Waals surface area contributed by atoms with Crippen molar-refractivity contribution in [2.24, 2.45) is 5.92 Å². The summed E-state index contributed by atoms with van der Waals surface area (Å²) in [6.07, 6.45) is 2.35. The molecule has 0 aliphatic carbocycles. The van der Waals surface area contributed by atoms with E-state index in [9.17, 15) is 4.39 Å². The predicted octanol–water partition coefficient (Wildman–Crippen LogP) is 6.60. The molecule has 2 fully saturated rings. The minimum Gasteiger partial charge on any atom is -0.303 e. The first-order valence-corrected chi connectivity index (χ1v) is 13.3. The molecule has 1 aromatic heterocycles. The number of hydrogen-bond acceptors (Lipinski definition) is 3. The van der Waals surface area contributed by atoms with Crippen molar-refractivity contribution >= 4 is 11.3 Å². The molecule has 0 spiro atoms. The average Bonchev–Trinajstić information content (AvgIpc) is 3.48. The minimum absolute atomic E-state index is 0.137. The lowest BCUT2D eigenvalue weighted by Gasteiger charge is -2.34. The Labute approximate surface area is 202 Å². The summed E-state index contributed by atoms with van der Waals surface area (Å²) in [5, 5.41) is 4.59. The fraction of sp³-hybridized carbons (Fsp3) is 0.448. The van der Waals surface area contributed by atoms with Crippen molar-refractivity contribution in [2.45, 2.75) is 45.1 Å². The number of aryl methyl sites for hydroxylation is 1. The molecule has 2 aromatic carbocycles. The molecule has 0 radical (unpaired) electrons. The fourth-order valence-electron chi connectivity index (χ4n) is 5.88. The topological polar surface area (TPSA) is 6.48 Å². The van der Waals surface area contributed by atoms with Gasteiger partial charge in [0, 0.05) is 32.1 Å². The second kappa shape index (κ2) is 10.1. The zero-order valence-electron chi connectivity index (χ0n) is 19.8. The summed E-state index contributed by atoms with van der Waals surface area (Å²) >= 11 is 1.82. The highest BCUT2D eigenvalue weighted by Crippen LogP contribution is 2.37. The fourth-order valence-corrected chi connectivity index (χ4v) is 6.60. The summed E-state index contributed by atoms with van der Waals surface area (Å²) in [7, 11) is 0. The van der Waals surface area contributed by atoms with Gasteiger partial charge in [-0.25, -0.2) is 4.39 Å². The van der Waals surface area contributed by atoms with Crippen LogP contribution in [0.3, 0.4) is 0 Å². The highest BCUT2D eigenvalue weighted by molar-refractivity contribution is 7.08. The molecule has 0 unspecified atom stereocenters. The summed E-state index contributed by atoms with van der Waals surface area (Å²) in [4.78, 5) is 5.37. The number of rotatable bonds is 6. The smallest absolute Gasteiger partial charge is 0.123 e. The monoisotopic (exact) mass is 462 g/mol. The molecule has 0 bridgehead atoms. The Hall–Kier alpha value is -2.01. The molecule has 174 valence electrons. The lowest BCUT2D eigenvalue weighted by atomic mass is 9.87. The van der Waals surface area contributed by atoms with Crippen molar-refractivity contribution in [3.8, 4) is 0 Å². The molecular formula is C29H35FN2S. The van der Waals surface area contributed by atoms with Gasteiger partial charge in [-0.3, -0.25) is 4.90 Å². The summed E-state index contributed by atoms with van der Waals surface area (Å²) in [5.74, 6) is 1.73. The van der Waals surface area contributed by atoms with Crippen LogP contribution in [-0.2, 0) is 6.54 Å². The van der Waals surface area contributed by atoms with Crippen LogP contribution in [-0.4, -0.2) is 42.5 Å². The van der Waals surface area contributed by atoms with Gasteiger partial charge in [0.05, 0.1) is 0 Å². The molecule has 3 heterocycles. The summed E-state index contributed by atoms with van der Waals surface area (Å²) in [5.41, 5.74) is 7.12. The van der Waals surface area contributed by atoms with Crippen LogP contribution in [0, 0.1) is 25.6 Å². The Kier molecular flexibility index (Phi) is 6.96. The van der Waals surface area contributed by atoms with E-state index in [0.29, 0.717) is 17.8 Å². The third-order valence-electron chi connectivity index (χ3n) is 8.02. The Balaban J connectivity index is 1.23. The predicted molar refractivity (Wildman–Crippen MR) is 137 cm³/mol. The molecule has 3 aromatic rings. The first kappa shape index (κ1) is 22.8. The maximum atomic E-state index is 13.3. The van der Waals surface area contributed by atoms with Crippen molar-refractivity contribution < 1.29 is 4.39 Å². The maximum absolute atomic E-state index is 13.3. The lowest BCUT2D eigenvalue weighted by molar-refractivity contribution is 0.177. The molecule has 2 atom stereocenters. The number of nitrogens with zero attached hydrogens (tertiary/aromatic N) is 2. The van der Waals surface area contributed by atoms with E-state index in [1.54, 1.807) is 12.1 Å². The number of benzene rings is 2. The van der Waals surface area contributed by atoms with E-state index in [4.69, 9.17) is 0 Å². The van der Waals surface area contributed by atoms with Crippen LogP contribution >= 0.6 is 11.3 Å². The molecule has 0 saturated carbocycles. The Morgan fingerprint density at radius 2 is 1.70 bits per heavy atom. The van der Waals surface area contributed by atoms with E-state index < -0.39 is 0 Å². The summed E-state index contributed by atoms with van der Waals surface area (Å²) in [6.45, 7) is 11.3.